The smallest absolute Gasteiger partial charge is 0.264 e. The number of hydrogen-bond acceptors (Lipinski definition) is 4. The lowest BCUT2D eigenvalue weighted by Crippen LogP contribution is -2.39. The van der Waals surface area contributed by atoms with Crippen molar-refractivity contribution in [1.29, 1.82) is 0 Å². The van der Waals surface area contributed by atoms with E-state index >= 15 is 0 Å². The molecule has 8 heteroatoms. The van der Waals surface area contributed by atoms with Gasteiger partial charge in [0, 0.05) is 24.6 Å². The van der Waals surface area contributed by atoms with Gasteiger partial charge in [0.1, 0.15) is 5.82 Å². The van der Waals surface area contributed by atoms with Crippen LogP contribution in [0.25, 0.3) is 0 Å². The molecule has 0 bridgehead atoms. The molecule has 6 nitrogen and oxygen atoms in total. The highest BCUT2D eigenvalue weighted by Gasteiger charge is 2.36. The Morgan fingerprint density at radius 2 is 1.69 bits per heavy atom. The lowest BCUT2D eigenvalue weighted by molar-refractivity contribution is -0.0258. The topological polar surface area (TPSA) is 75.7 Å². The molecule has 3 rings (SSSR count). The number of nitrogens with one attached hydrogen (secondary N) is 1. The number of nitrogens with zero attached hydrogens (tertiary/aromatic N) is 1. The molecule has 156 valence electrons. The molecule has 29 heavy (non-hydrogen) atoms. The first-order chi connectivity index (χ1) is 13.8. The number of rotatable bonds is 7. The predicted octanol–water partition coefficient (Wildman–Crippen LogP) is 3.25. The maximum absolute atomic E-state index is 13.3. The van der Waals surface area contributed by atoms with Crippen molar-refractivity contribution < 1.29 is 22.4 Å². The molecule has 0 spiro atoms. The van der Waals surface area contributed by atoms with Crippen molar-refractivity contribution in [3.05, 3.63) is 65.5 Å². The van der Waals surface area contributed by atoms with Crippen LogP contribution in [0.15, 0.2) is 53.4 Å². The summed E-state index contributed by atoms with van der Waals surface area (Å²) in [6.45, 7) is 0.448. The number of benzene rings is 2. The van der Waals surface area contributed by atoms with E-state index in [-0.39, 0.29) is 22.0 Å². The van der Waals surface area contributed by atoms with Crippen molar-refractivity contribution in [3.63, 3.8) is 0 Å². The predicted molar refractivity (Wildman–Crippen MR) is 107 cm³/mol. The van der Waals surface area contributed by atoms with E-state index in [9.17, 15) is 17.6 Å². The SMILES string of the molecule is CON(C)S(=O)(=O)c1ccc(C(=O)NCC2(c3ccc(F)cc3)CCCC2)cc1. The van der Waals surface area contributed by atoms with Crippen molar-refractivity contribution >= 4 is 15.9 Å². The summed E-state index contributed by atoms with van der Waals surface area (Å²) in [5, 5.41) is 2.97. The second-order valence-corrected chi connectivity index (χ2v) is 9.23. The molecule has 1 amide bonds. The minimum absolute atomic E-state index is 0.0389. The molecule has 1 aliphatic rings. The second kappa shape index (κ2) is 8.61. The second-order valence-electron chi connectivity index (χ2n) is 7.30. The molecular weight excluding hydrogens is 395 g/mol. The zero-order chi connectivity index (χ0) is 21.1. The molecule has 1 N–H and O–H groups in total. The van der Waals surface area contributed by atoms with Crippen LogP contribution in [0, 0.1) is 5.82 Å². The molecule has 0 aromatic heterocycles. The van der Waals surface area contributed by atoms with E-state index in [2.05, 4.69) is 5.32 Å². The number of carbonyl (C=O) groups excluding carboxylic acids is 1. The number of sulfonamides is 1. The molecule has 0 heterocycles. The largest absolute Gasteiger partial charge is 0.351 e. The van der Waals surface area contributed by atoms with Gasteiger partial charge in [0.2, 0.25) is 0 Å². The summed E-state index contributed by atoms with van der Waals surface area (Å²) in [4.78, 5) is 17.4. The highest BCUT2D eigenvalue weighted by Crippen LogP contribution is 2.40. The van der Waals surface area contributed by atoms with Crippen LogP contribution in [0.5, 0.6) is 0 Å². The number of hydrogen-bond donors (Lipinski definition) is 1. The molecule has 0 radical (unpaired) electrons. The minimum Gasteiger partial charge on any atom is -0.351 e. The quantitative estimate of drug-likeness (QED) is 0.698. The highest BCUT2D eigenvalue weighted by atomic mass is 32.2. The molecule has 1 saturated carbocycles. The Bertz CT molecular complexity index is 953. The first-order valence-electron chi connectivity index (χ1n) is 9.46. The fourth-order valence-electron chi connectivity index (χ4n) is 3.80. The van der Waals surface area contributed by atoms with E-state index in [1.54, 1.807) is 12.1 Å². The molecule has 0 unspecified atom stereocenters. The molecule has 2 aromatic rings. The van der Waals surface area contributed by atoms with E-state index < -0.39 is 10.0 Å². The number of hydroxylamine groups is 1. The Morgan fingerprint density at radius 3 is 2.24 bits per heavy atom. The van der Waals surface area contributed by atoms with Crippen LogP contribution in [0.2, 0.25) is 0 Å². The lowest BCUT2D eigenvalue weighted by Gasteiger charge is -2.30. The van der Waals surface area contributed by atoms with E-state index in [1.165, 1.54) is 50.6 Å². The summed E-state index contributed by atoms with van der Waals surface area (Å²) in [5.74, 6) is -0.553. The third-order valence-corrected chi connectivity index (χ3v) is 7.31. The summed E-state index contributed by atoms with van der Waals surface area (Å²) >= 11 is 0. The maximum atomic E-state index is 13.3. The van der Waals surface area contributed by atoms with Gasteiger partial charge in [0.25, 0.3) is 15.9 Å². The van der Waals surface area contributed by atoms with Gasteiger partial charge >= 0.3 is 0 Å². The van der Waals surface area contributed by atoms with Gasteiger partial charge in [0.15, 0.2) is 0 Å². The Kier molecular flexibility index (Phi) is 6.36. The number of carbonyl (C=O) groups is 1. The molecule has 0 aliphatic heterocycles. The summed E-state index contributed by atoms with van der Waals surface area (Å²) in [7, 11) is -1.20. The van der Waals surface area contributed by atoms with Gasteiger partial charge in [-0.25, -0.2) is 12.8 Å². The molecule has 0 atom stereocenters. The zero-order valence-electron chi connectivity index (χ0n) is 16.5. The van der Waals surface area contributed by atoms with E-state index in [1.807, 2.05) is 0 Å². The van der Waals surface area contributed by atoms with Gasteiger partial charge in [-0.1, -0.05) is 29.4 Å². The average molecular weight is 421 g/mol. The summed E-state index contributed by atoms with van der Waals surface area (Å²) < 4.78 is 38.5. The molecule has 1 aliphatic carbocycles. The van der Waals surface area contributed by atoms with Gasteiger partial charge in [-0.05, 0) is 54.8 Å². The normalized spacial score (nSPS) is 16.1. The Hall–Kier alpha value is -2.29. The van der Waals surface area contributed by atoms with Crippen LogP contribution in [0.3, 0.4) is 0 Å². The maximum Gasteiger partial charge on any atom is 0.264 e. The van der Waals surface area contributed by atoms with Gasteiger partial charge in [-0.2, -0.15) is 0 Å². The first-order valence-corrected chi connectivity index (χ1v) is 10.9. The third-order valence-electron chi connectivity index (χ3n) is 5.61. The molecule has 0 saturated heterocycles. The lowest BCUT2D eigenvalue weighted by atomic mass is 9.78. The standard InChI is InChI=1S/C21H25FN2O4S/c1-24(28-2)29(26,27)19-11-5-16(6-12-19)20(25)23-15-21(13-3-4-14-21)17-7-9-18(22)10-8-17/h5-12H,3-4,13-15H2,1-2H3,(H,23,25). The van der Waals surface area contributed by atoms with Crippen molar-refractivity contribution in [3.8, 4) is 0 Å². The third kappa shape index (κ3) is 4.49. The summed E-state index contributed by atoms with van der Waals surface area (Å²) in [5.41, 5.74) is 1.20. The number of halogens is 1. The van der Waals surface area contributed by atoms with Crippen LogP contribution in [-0.2, 0) is 20.3 Å². The fraction of sp³-hybridized carbons (Fsp3) is 0.381. The van der Waals surface area contributed by atoms with Crippen LogP contribution in [0.1, 0.15) is 41.6 Å². The fourth-order valence-corrected chi connectivity index (χ4v) is 4.77. The highest BCUT2D eigenvalue weighted by molar-refractivity contribution is 7.89. The monoisotopic (exact) mass is 420 g/mol. The van der Waals surface area contributed by atoms with Gasteiger partial charge < -0.3 is 5.32 Å². The van der Waals surface area contributed by atoms with E-state index in [0.717, 1.165) is 35.7 Å². The number of amides is 1. The summed E-state index contributed by atoms with van der Waals surface area (Å²) in [6.07, 6.45) is 3.98. The molecule has 2 aromatic carbocycles. The van der Waals surface area contributed by atoms with Gasteiger partial charge in [-0.15, -0.1) is 0 Å². The van der Waals surface area contributed by atoms with Crippen molar-refractivity contribution in [2.45, 2.75) is 36.0 Å². The molecule has 1 fully saturated rings. The van der Waals surface area contributed by atoms with Crippen LogP contribution >= 0.6 is 0 Å². The van der Waals surface area contributed by atoms with E-state index in [0.29, 0.717) is 12.1 Å². The van der Waals surface area contributed by atoms with Crippen molar-refractivity contribution in [2.75, 3.05) is 20.7 Å². The van der Waals surface area contributed by atoms with E-state index in [4.69, 9.17) is 4.84 Å². The van der Waals surface area contributed by atoms with Crippen molar-refractivity contribution in [2.24, 2.45) is 0 Å². The molecular formula is C21H25FN2O4S. The van der Waals surface area contributed by atoms with Crippen LogP contribution in [-0.4, -0.2) is 39.5 Å². The van der Waals surface area contributed by atoms with Gasteiger partial charge in [0.05, 0.1) is 12.0 Å². The Balaban J connectivity index is 1.72. The first kappa shape index (κ1) is 21.4. The van der Waals surface area contributed by atoms with Crippen LogP contribution in [0.4, 0.5) is 4.39 Å². The van der Waals surface area contributed by atoms with Crippen molar-refractivity contribution in [1.82, 2.24) is 9.79 Å². The summed E-state index contributed by atoms with van der Waals surface area (Å²) in [6, 6.07) is 12.2. The van der Waals surface area contributed by atoms with Gasteiger partial charge in [-0.3, -0.25) is 9.63 Å². The average Bonchev–Trinajstić information content (AvgIpc) is 3.22. The Morgan fingerprint density at radius 1 is 1.10 bits per heavy atom. The Labute approximate surface area is 170 Å². The van der Waals surface area contributed by atoms with Crippen LogP contribution < -0.4 is 5.32 Å². The minimum atomic E-state index is -3.76. The zero-order valence-corrected chi connectivity index (χ0v) is 17.3.